The van der Waals surface area contributed by atoms with Crippen LogP contribution in [-0.2, 0) is 0 Å². The highest BCUT2D eigenvalue weighted by Gasteiger charge is 2.25. The fourth-order valence-electron chi connectivity index (χ4n) is 1.77. The summed E-state index contributed by atoms with van der Waals surface area (Å²) in [7, 11) is 0. The minimum absolute atomic E-state index is 0.634. The maximum atomic E-state index is 5.59. The van der Waals surface area contributed by atoms with Crippen molar-refractivity contribution in [3.63, 3.8) is 0 Å². The molecule has 1 heterocycles. The van der Waals surface area contributed by atoms with Crippen LogP contribution in [0.4, 0.5) is 5.82 Å². The molecule has 0 saturated heterocycles. The van der Waals surface area contributed by atoms with Gasteiger partial charge in [-0.25, -0.2) is 0 Å². The maximum Gasteiger partial charge on any atom is 0.151 e. The van der Waals surface area contributed by atoms with Gasteiger partial charge in [0.1, 0.15) is 0 Å². The molecule has 1 fully saturated rings. The zero-order valence-corrected chi connectivity index (χ0v) is 8.26. The fourth-order valence-corrected chi connectivity index (χ4v) is 1.77. The molecule has 0 atom stereocenters. The molecule has 1 aliphatic carbocycles. The van der Waals surface area contributed by atoms with E-state index in [4.69, 9.17) is 5.73 Å². The van der Waals surface area contributed by atoms with Gasteiger partial charge in [-0.05, 0) is 31.4 Å². The molecule has 0 radical (unpaired) electrons. The molecule has 14 heavy (non-hydrogen) atoms. The van der Waals surface area contributed by atoms with Gasteiger partial charge in [0.15, 0.2) is 5.82 Å². The molecule has 1 aromatic rings. The molecule has 0 aliphatic heterocycles. The number of anilines is 1. The lowest BCUT2D eigenvalue weighted by molar-refractivity contribution is 0.385. The van der Waals surface area contributed by atoms with Crippen molar-refractivity contribution >= 4 is 5.82 Å². The standard InChI is InChI=1S/C10H16N4/c11-6-8-14(9-3-1-4-9)10-5-2-7-12-13-10/h2,5,7,9H,1,3-4,6,8,11H2. The summed E-state index contributed by atoms with van der Waals surface area (Å²) in [6, 6.07) is 4.56. The van der Waals surface area contributed by atoms with Crippen LogP contribution in [0.2, 0.25) is 0 Å². The van der Waals surface area contributed by atoms with Crippen LogP contribution in [0, 0.1) is 0 Å². The Morgan fingerprint density at radius 3 is 2.86 bits per heavy atom. The van der Waals surface area contributed by atoms with Crippen molar-refractivity contribution in [3.8, 4) is 0 Å². The highest BCUT2D eigenvalue weighted by molar-refractivity contribution is 5.38. The zero-order valence-electron chi connectivity index (χ0n) is 8.26. The predicted octanol–water partition coefficient (Wildman–Crippen LogP) is 0.794. The first kappa shape index (κ1) is 9.40. The van der Waals surface area contributed by atoms with E-state index in [-0.39, 0.29) is 0 Å². The Morgan fingerprint density at radius 1 is 1.50 bits per heavy atom. The Hall–Kier alpha value is -1.16. The minimum atomic E-state index is 0.634. The monoisotopic (exact) mass is 192 g/mol. The van der Waals surface area contributed by atoms with Crippen molar-refractivity contribution in [1.29, 1.82) is 0 Å². The second kappa shape index (κ2) is 4.37. The summed E-state index contributed by atoms with van der Waals surface area (Å²) in [5.41, 5.74) is 5.59. The van der Waals surface area contributed by atoms with E-state index in [1.807, 2.05) is 12.1 Å². The molecule has 0 aromatic carbocycles. The van der Waals surface area contributed by atoms with Gasteiger partial charge in [-0.2, -0.15) is 5.10 Å². The van der Waals surface area contributed by atoms with Crippen LogP contribution in [0.15, 0.2) is 18.3 Å². The van der Waals surface area contributed by atoms with Crippen molar-refractivity contribution in [2.24, 2.45) is 5.73 Å². The van der Waals surface area contributed by atoms with Crippen LogP contribution in [0.25, 0.3) is 0 Å². The molecule has 2 rings (SSSR count). The van der Waals surface area contributed by atoms with Gasteiger partial charge in [0.2, 0.25) is 0 Å². The van der Waals surface area contributed by atoms with Crippen molar-refractivity contribution in [2.75, 3.05) is 18.0 Å². The summed E-state index contributed by atoms with van der Waals surface area (Å²) in [6.07, 6.45) is 5.55. The maximum absolute atomic E-state index is 5.59. The molecule has 1 aromatic heterocycles. The normalized spacial score (nSPS) is 16.4. The number of nitrogens with two attached hydrogens (primary N) is 1. The van der Waals surface area contributed by atoms with Crippen LogP contribution in [0.3, 0.4) is 0 Å². The summed E-state index contributed by atoms with van der Waals surface area (Å²) >= 11 is 0. The average molecular weight is 192 g/mol. The molecule has 2 N–H and O–H groups in total. The Kier molecular flexibility index (Phi) is 2.93. The van der Waals surface area contributed by atoms with E-state index in [0.717, 1.165) is 12.4 Å². The molecular weight excluding hydrogens is 176 g/mol. The Balaban J connectivity index is 2.09. The first-order chi connectivity index (χ1) is 6.92. The van der Waals surface area contributed by atoms with Gasteiger partial charge in [-0.3, -0.25) is 0 Å². The molecule has 4 heteroatoms. The van der Waals surface area contributed by atoms with E-state index < -0.39 is 0 Å². The van der Waals surface area contributed by atoms with Crippen LogP contribution in [0.5, 0.6) is 0 Å². The van der Waals surface area contributed by atoms with Gasteiger partial charge >= 0.3 is 0 Å². The third-order valence-electron chi connectivity index (χ3n) is 2.74. The third kappa shape index (κ3) is 1.85. The van der Waals surface area contributed by atoms with E-state index >= 15 is 0 Å². The molecule has 1 saturated carbocycles. The Labute approximate surface area is 84.1 Å². The molecule has 76 valence electrons. The number of nitrogens with zero attached hydrogens (tertiary/aromatic N) is 3. The summed E-state index contributed by atoms with van der Waals surface area (Å²) < 4.78 is 0. The first-order valence-electron chi connectivity index (χ1n) is 5.16. The third-order valence-corrected chi connectivity index (χ3v) is 2.74. The van der Waals surface area contributed by atoms with Crippen molar-refractivity contribution in [1.82, 2.24) is 10.2 Å². The van der Waals surface area contributed by atoms with E-state index in [2.05, 4.69) is 15.1 Å². The van der Waals surface area contributed by atoms with E-state index in [1.54, 1.807) is 6.20 Å². The second-order valence-electron chi connectivity index (χ2n) is 3.65. The van der Waals surface area contributed by atoms with Gasteiger partial charge in [-0.15, -0.1) is 5.10 Å². The molecular formula is C10H16N4. The van der Waals surface area contributed by atoms with Crippen LogP contribution in [-0.4, -0.2) is 29.3 Å². The van der Waals surface area contributed by atoms with Crippen molar-refractivity contribution in [2.45, 2.75) is 25.3 Å². The number of aromatic nitrogens is 2. The molecule has 1 aliphatic rings. The highest BCUT2D eigenvalue weighted by Crippen LogP contribution is 2.27. The molecule has 0 unspecified atom stereocenters. The lowest BCUT2D eigenvalue weighted by Gasteiger charge is -2.37. The van der Waals surface area contributed by atoms with Crippen molar-refractivity contribution < 1.29 is 0 Å². The SMILES string of the molecule is NCCN(c1cccnn1)C1CCC1. The summed E-state index contributed by atoms with van der Waals surface area (Å²) in [6.45, 7) is 1.55. The zero-order chi connectivity index (χ0) is 9.80. The number of hydrogen-bond acceptors (Lipinski definition) is 4. The number of rotatable bonds is 4. The first-order valence-corrected chi connectivity index (χ1v) is 5.16. The van der Waals surface area contributed by atoms with Crippen LogP contribution < -0.4 is 10.6 Å². The quantitative estimate of drug-likeness (QED) is 0.766. The lowest BCUT2D eigenvalue weighted by atomic mass is 9.91. The minimum Gasteiger partial charge on any atom is -0.351 e. The smallest absolute Gasteiger partial charge is 0.151 e. The van der Waals surface area contributed by atoms with Gasteiger partial charge in [0.05, 0.1) is 0 Å². The second-order valence-corrected chi connectivity index (χ2v) is 3.65. The van der Waals surface area contributed by atoms with Gasteiger partial charge < -0.3 is 10.6 Å². The van der Waals surface area contributed by atoms with E-state index in [1.165, 1.54) is 19.3 Å². The fraction of sp³-hybridized carbons (Fsp3) is 0.600. The summed E-state index contributed by atoms with van der Waals surface area (Å²) in [5.74, 6) is 0.961. The molecule has 0 spiro atoms. The van der Waals surface area contributed by atoms with E-state index in [9.17, 15) is 0 Å². The molecule has 0 amide bonds. The summed E-state index contributed by atoms with van der Waals surface area (Å²) in [5, 5.41) is 8.02. The number of hydrogen-bond donors (Lipinski definition) is 1. The Bertz CT molecular complexity index is 271. The Morgan fingerprint density at radius 2 is 2.36 bits per heavy atom. The van der Waals surface area contributed by atoms with Crippen LogP contribution >= 0.6 is 0 Å². The topological polar surface area (TPSA) is 55.0 Å². The van der Waals surface area contributed by atoms with Gasteiger partial charge in [0.25, 0.3) is 0 Å². The summed E-state index contributed by atoms with van der Waals surface area (Å²) in [4.78, 5) is 2.27. The highest BCUT2D eigenvalue weighted by atomic mass is 15.3. The van der Waals surface area contributed by atoms with Crippen molar-refractivity contribution in [3.05, 3.63) is 18.3 Å². The van der Waals surface area contributed by atoms with Crippen LogP contribution in [0.1, 0.15) is 19.3 Å². The largest absolute Gasteiger partial charge is 0.351 e. The van der Waals surface area contributed by atoms with Gasteiger partial charge in [-0.1, -0.05) is 0 Å². The predicted molar refractivity (Wildman–Crippen MR) is 56.1 cm³/mol. The van der Waals surface area contributed by atoms with E-state index in [0.29, 0.717) is 12.6 Å². The lowest BCUT2D eigenvalue weighted by Crippen LogP contribution is -2.43. The average Bonchev–Trinajstić information content (AvgIpc) is 2.16. The van der Waals surface area contributed by atoms with Gasteiger partial charge in [0, 0.05) is 25.3 Å². The molecule has 4 nitrogen and oxygen atoms in total. The molecule has 0 bridgehead atoms.